The Morgan fingerprint density at radius 1 is 1.32 bits per heavy atom. The van der Waals surface area contributed by atoms with Crippen LogP contribution in [0.4, 0.5) is 17.5 Å². The topological polar surface area (TPSA) is 81.0 Å². The van der Waals surface area contributed by atoms with Crippen LogP contribution in [0.15, 0.2) is 24.5 Å². The average Bonchev–Trinajstić information content (AvgIpc) is 2.62. The number of aryl methyl sites for hydroxylation is 1. The normalized spacial score (nSPS) is 17.0. The predicted octanol–water partition coefficient (Wildman–Crippen LogP) is 2.20. The van der Waals surface area contributed by atoms with Crippen LogP contribution in [0, 0.1) is 18.3 Å². The van der Waals surface area contributed by atoms with Crippen LogP contribution in [0.2, 0.25) is 0 Å². The first-order valence-corrected chi connectivity index (χ1v) is 8.45. The molecule has 1 atom stereocenters. The van der Waals surface area contributed by atoms with E-state index in [1.165, 1.54) is 0 Å². The smallest absolute Gasteiger partial charge is 0.146 e. The minimum atomic E-state index is 0.257. The van der Waals surface area contributed by atoms with Crippen LogP contribution >= 0.6 is 0 Å². The maximum Gasteiger partial charge on any atom is 0.146 e. The first kappa shape index (κ1) is 17.0. The fourth-order valence-corrected chi connectivity index (χ4v) is 3.04. The Kier molecular flexibility index (Phi) is 4.98. The van der Waals surface area contributed by atoms with Gasteiger partial charge in [-0.25, -0.2) is 15.0 Å². The van der Waals surface area contributed by atoms with Gasteiger partial charge in [0.1, 0.15) is 29.9 Å². The molecule has 2 aromatic rings. The molecule has 7 nitrogen and oxygen atoms in total. The van der Waals surface area contributed by atoms with Gasteiger partial charge < -0.3 is 15.1 Å². The van der Waals surface area contributed by atoms with Gasteiger partial charge in [-0.1, -0.05) is 0 Å². The summed E-state index contributed by atoms with van der Waals surface area (Å²) >= 11 is 0. The first-order chi connectivity index (χ1) is 12.1. The molecular formula is C18H23N7. The molecule has 0 spiro atoms. The van der Waals surface area contributed by atoms with E-state index in [-0.39, 0.29) is 6.04 Å². The minimum absolute atomic E-state index is 0.257. The molecule has 1 unspecified atom stereocenters. The number of rotatable bonds is 4. The van der Waals surface area contributed by atoms with Crippen LogP contribution in [0.5, 0.6) is 0 Å². The number of anilines is 3. The van der Waals surface area contributed by atoms with Gasteiger partial charge in [0.2, 0.25) is 0 Å². The molecule has 3 rings (SSSR count). The van der Waals surface area contributed by atoms with Gasteiger partial charge in [-0.2, -0.15) is 5.26 Å². The lowest BCUT2D eigenvalue weighted by Gasteiger charge is -2.34. The van der Waals surface area contributed by atoms with E-state index in [0.717, 1.165) is 49.1 Å². The van der Waals surface area contributed by atoms with Crippen LogP contribution in [-0.4, -0.2) is 48.2 Å². The molecule has 0 amide bonds. The molecule has 3 heterocycles. The van der Waals surface area contributed by atoms with Gasteiger partial charge >= 0.3 is 0 Å². The summed E-state index contributed by atoms with van der Waals surface area (Å²) in [5.74, 6) is 2.48. The number of hydrogen-bond acceptors (Lipinski definition) is 7. The number of nitriles is 1. The third-order valence-corrected chi connectivity index (χ3v) is 4.32. The number of pyridine rings is 1. The number of nitrogens with one attached hydrogen (secondary N) is 1. The fraction of sp³-hybridized carbons (Fsp3) is 0.444. The first-order valence-electron chi connectivity index (χ1n) is 8.45. The molecule has 0 bridgehead atoms. The summed E-state index contributed by atoms with van der Waals surface area (Å²) in [4.78, 5) is 17.3. The standard InChI is InChI=1S/C18H23N7/c1-13-6-7-14(10-19)18(22-13)25-8-4-5-15(11-25)23-16-9-17(24(2)3)21-12-20-16/h6-7,9,12,15H,4-5,8,11H2,1-3H3,(H,20,21,23). The van der Waals surface area contributed by atoms with Gasteiger partial charge in [0, 0.05) is 45.0 Å². The number of piperidine rings is 1. The van der Waals surface area contributed by atoms with Crippen molar-refractivity contribution in [2.75, 3.05) is 42.3 Å². The maximum absolute atomic E-state index is 9.37. The Morgan fingerprint density at radius 2 is 2.16 bits per heavy atom. The number of aromatic nitrogens is 3. The van der Waals surface area contributed by atoms with Gasteiger partial charge in [0.25, 0.3) is 0 Å². The molecule has 1 fully saturated rings. The lowest BCUT2D eigenvalue weighted by atomic mass is 10.0. The van der Waals surface area contributed by atoms with Crippen molar-refractivity contribution >= 4 is 17.5 Å². The van der Waals surface area contributed by atoms with Crippen molar-refractivity contribution in [3.8, 4) is 6.07 Å². The van der Waals surface area contributed by atoms with E-state index in [2.05, 4.69) is 31.2 Å². The Bertz CT molecular complexity index is 781. The SMILES string of the molecule is Cc1ccc(C#N)c(N2CCCC(Nc3cc(N(C)C)ncn3)C2)n1. The molecule has 0 saturated carbocycles. The highest BCUT2D eigenvalue weighted by atomic mass is 15.2. The van der Waals surface area contributed by atoms with Crippen molar-refractivity contribution in [3.63, 3.8) is 0 Å². The van der Waals surface area contributed by atoms with Crippen LogP contribution in [0.1, 0.15) is 24.1 Å². The molecule has 1 saturated heterocycles. The summed E-state index contributed by atoms with van der Waals surface area (Å²) in [6.45, 7) is 3.66. The zero-order chi connectivity index (χ0) is 17.8. The Labute approximate surface area is 148 Å². The predicted molar refractivity (Wildman–Crippen MR) is 98.9 cm³/mol. The third-order valence-electron chi connectivity index (χ3n) is 4.32. The van der Waals surface area contributed by atoms with E-state index in [1.807, 2.05) is 44.1 Å². The lowest BCUT2D eigenvalue weighted by Crippen LogP contribution is -2.43. The van der Waals surface area contributed by atoms with E-state index in [4.69, 9.17) is 0 Å². The molecule has 1 N–H and O–H groups in total. The molecule has 2 aromatic heterocycles. The summed E-state index contributed by atoms with van der Waals surface area (Å²) in [6, 6.07) is 8.19. The molecule has 1 aliphatic rings. The van der Waals surface area contributed by atoms with Crippen molar-refractivity contribution < 1.29 is 0 Å². The van der Waals surface area contributed by atoms with E-state index >= 15 is 0 Å². The van der Waals surface area contributed by atoms with E-state index in [1.54, 1.807) is 6.33 Å². The summed E-state index contributed by atoms with van der Waals surface area (Å²) in [6.07, 6.45) is 3.68. The van der Waals surface area contributed by atoms with Crippen molar-refractivity contribution in [2.45, 2.75) is 25.8 Å². The van der Waals surface area contributed by atoms with Crippen LogP contribution in [0.3, 0.4) is 0 Å². The van der Waals surface area contributed by atoms with Gasteiger partial charge in [0.15, 0.2) is 0 Å². The molecule has 0 aliphatic carbocycles. The Balaban J connectivity index is 1.75. The van der Waals surface area contributed by atoms with Crippen molar-refractivity contribution in [1.82, 2.24) is 15.0 Å². The Morgan fingerprint density at radius 3 is 2.92 bits per heavy atom. The monoisotopic (exact) mass is 337 g/mol. The lowest BCUT2D eigenvalue weighted by molar-refractivity contribution is 0.525. The second-order valence-corrected chi connectivity index (χ2v) is 6.52. The molecule has 25 heavy (non-hydrogen) atoms. The van der Waals surface area contributed by atoms with Crippen LogP contribution < -0.4 is 15.1 Å². The number of nitrogens with zero attached hydrogens (tertiary/aromatic N) is 6. The second kappa shape index (κ2) is 7.34. The highest BCUT2D eigenvalue weighted by molar-refractivity contribution is 5.55. The summed E-state index contributed by atoms with van der Waals surface area (Å²) in [5.41, 5.74) is 1.55. The van der Waals surface area contributed by atoms with Crippen molar-refractivity contribution in [3.05, 3.63) is 35.8 Å². The van der Waals surface area contributed by atoms with Gasteiger partial charge in [-0.3, -0.25) is 0 Å². The van der Waals surface area contributed by atoms with Crippen LogP contribution in [0.25, 0.3) is 0 Å². The number of hydrogen-bond donors (Lipinski definition) is 1. The Hall–Kier alpha value is -2.88. The summed E-state index contributed by atoms with van der Waals surface area (Å²) in [5, 5.41) is 12.9. The maximum atomic E-state index is 9.37. The second-order valence-electron chi connectivity index (χ2n) is 6.52. The zero-order valence-corrected chi connectivity index (χ0v) is 14.9. The average molecular weight is 337 g/mol. The molecular weight excluding hydrogens is 314 g/mol. The highest BCUT2D eigenvalue weighted by Crippen LogP contribution is 2.24. The van der Waals surface area contributed by atoms with Gasteiger partial charge in [0.05, 0.1) is 5.56 Å². The van der Waals surface area contributed by atoms with Crippen molar-refractivity contribution in [2.24, 2.45) is 0 Å². The molecule has 0 aromatic carbocycles. The molecule has 1 aliphatic heterocycles. The van der Waals surface area contributed by atoms with Gasteiger partial charge in [-0.15, -0.1) is 0 Å². The van der Waals surface area contributed by atoms with E-state index in [0.29, 0.717) is 5.56 Å². The molecule has 7 heteroatoms. The highest BCUT2D eigenvalue weighted by Gasteiger charge is 2.23. The molecule has 130 valence electrons. The van der Waals surface area contributed by atoms with E-state index < -0.39 is 0 Å². The van der Waals surface area contributed by atoms with Crippen molar-refractivity contribution in [1.29, 1.82) is 5.26 Å². The summed E-state index contributed by atoms with van der Waals surface area (Å²) < 4.78 is 0. The van der Waals surface area contributed by atoms with E-state index in [9.17, 15) is 5.26 Å². The third kappa shape index (κ3) is 3.97. The quantitative estimate of drug-likeness (QED) is 0.916. The zero-order valence-electron chi connectivity index (χ0n) is 14.9. The molecule has 0 radical (unpaired) electrons. The van der Waals surface area contributed by atoms with Gasteiger partial charge in [-0.05, 0) is 31.9 Å². The minimum Gasteiger partial charge on any atom is -0.365 e. The van der Waals surface area contributed by atoms with Crippen LogP contribution in [-0.2, 0) is 0 Å². The largest absolute Gasteiger partial charge is 0.365 e. The fourth-order valence-electron chi connectivity index (χ4n) is 3.04. The summed E-state index contributed by atoms with van der Waals surface area (Å²) in [7, 11) is 3.92.